The summed E-state index contributed by atoms with van der Waals surface area (Å²) in [6.45, 7) is 6.36. The highest BCUT2D eigenvalue weighted by molar-refractivity contribution is 5.85. The van der Waals surface area contributed by atoms with E-state index in [1.807, 2.05) is 13.8 Å². The second-order valence-electron chi connectivity index (χ2n) is 4.85. The van der Waals surface area contributed by atoms with Gasteiger partial charge in [-0.3, -0.25) is 0 Å². The second-order valence-corrected chi connectivity index (χ2v) is 4.85. The molecule has 0 saturated heterocycles. The molecule has 92 valence electrons. The summed E-state index contributed by atoms with van der Waals surface area (Å²) in [6.07, 6.45) is 3.86. The summed E-state index contributed by atoms with van der Waals surface area (Å²) in [5.74, 6) is 0.848. The molecule has 0 fully saturated rings. The first-order valence-corrected chi connectivity index (χ1v) is 6.82. The van der Waals surface area contributed by atoms with Crippen molar-refractivity contribution in [2.45, 2.75) is 40.0 Å². The molecule has 1 nitrogen and oxygen atoms in total. The molecule has 0 amide bonds. The highest BCUT2D eigenvalue weighted by Gasteiger charge is 2.21. The molecule has 1 aromatic heterocycles. The summed E-state index contributed by atoms with van der Waals surface area (Å²) >= 11 is 0. The number of rotatable bonds is 0. The SMILES string of the molecule is CC.CC1CCc2c(n(C)c3ccccc23)C1. The van der Waals surface area contributed by atoms with Crippen LogP contribution in [0.15, 0.2) is 24.3 Å². The lowest BCUT2D eigenvalue weighted by atomic mass is 9.88. The van der Waals surface area contributed by atoms with Crippen LogP contribution in [0.4, 0.5) is 0 Å². The smallest absolute Gasteiger partial charge is 0.0482 e. The number of hydrogen-bond acceptors (Lipinski definition) is 0. The van der Waals surface area contributed by atoms with Gasteiger partial charge in [0, 0.05) is 23.6 Å². The molecule has 17 heavy (non-hydrogen) atoms. The lowest BCUT2D eigenvalue weighted by Crippen LogP contribution is -2.12. The van der Waals surface area contributed by atoms with Crippen LogP contribution in [0.1, 0.15) is 38.4 Å². The fourth-order valence-corrected chi connectivity index (χ4v) is 2.89. The number of aromatic nitrogens is 1. The number of benzene rings is 1. The summed E-state index contributed by atoms with van der Waals surface area (Å²) in [7, 11) is 2.21. The van der Waals surface area contributed by atoms with Gasteiger partial charge in [0.05, 0.1) is 0 Å². The van der Waals surface area contributed by atoms with Crippen LogP contribution >= 0.6 is 0 Å². The van der Waals surface area contributed by atoms with Gasteiger partial charge in [-0.1, -0.05) is 39.0 Å². The van der Waals surface area contributed by atoms with Crippen LogP contribution in [0.25, 0.3) is 10.9 Å². The number of aryl methyl sites for hydroxylation is 2. The van der Waals surface area contributed by atoms with Gasteiger partial charge in [0.2, 0.25) is 0 Å². The average molecular weight is 229 g/mol. The fourth-order valence-electron chi connectivity index (χ4n) is 2.89. The maximum Gasteiger partial charge on any atom is 0.0482 e. The van der Waals surface area contributed by atoms with Crippen molar-refractivity contribution in [2.75, 3.05) is 0 Å². The van der Waals surface area contributed by atoms with Crippen molar-refractivity contribution in [3.8, 4) is 0 Å². The third-order valence-electron chi connectivity index (χ3n) is 3.77. The van der Waals surface area contributed by atoms with E-state index in [0.717, 1.165) is 5.92 Å². The molecule has 0 N–H and O–H groups in total. The highest BCUT2D eigenvalue weighted by Crippen LogP contribution is 2.33. The molecular formula is C16H23N. The minimum absolute atomic E-state index is 0.848. The molecule has 1 aromatic carbocycles. The fraction of sp³-hybridized carbons (Fsp3) is 0.500. The molecule has 3 rings (SSSR count). The molecule has 2 aromatic rings. The Morgan fingerprint density at radius 2 is 1.88 bits per heavy atom. The quantitative estimate of drug-likeness (QED) is 0.633. The Morgan fingerprint density at radius 1 is 1.18 bits per heavy atom. The van der Waals surface area contributed by atoms with Gasteiger partial charge in [-0.05, 0) is 36.8 Å². The molecule has 0 aliphatic heterocycles. The van der Waals surface area contributed by atoms with E-state index in [0.29, 0.717) is 0 Å². The maximum atomic E-state index is 2.39. The van der Waals surface area contributed by atoms with Crippen LogP contribution < -0.4 is 0 Å². The predicted molar refractivity (Wildman–Crippen MR) is 75.5 cm³/mol. The Kier molecular flexibility index (Phi) is 3.56. The zero-order chi connectivity index (χ0) is 12.4. The molecule has 1 atom stereocenters. The lowest BCUT2D eigenvalue weighted by Gasteiger charge is -2.19. The molecule has 1 heterocycles. The highest BCUT2D eigenvalue weighted by atomic mass is 15.0. The standard InChI is InChI=1S/C14H17N.C2H6/c1-10-7-8-12-11-5-3-4-6-13(11)15(2)14(12)9-10;1-2/h3-6,10H,7-9H2,1-2H3;1-2H3. The lowest BCUT2D eigenvalue weighted by molar-refractivity contribution is 0.487. The van der Waals surface area contributed by atoms with E-state index in [9.17, 15) is 0 Å². The summed E-state index contributed by atoms with van der Waals surface area (Å²) in [5, 5.41) is 1.47. The van der Waals surface area contributed by atoms with Gasteiger partial charge < -0.3 is 4.57 Å². The van der Waals surface area contributed by atoms with Crippen molar-refractivity contribution in [3.05, 3.63) is 35.5 Å². The van der Waals surface area contributed by atoms with Gasteiger partial charge in [-0.25, -0.2) is 0 Å². The Bertz CT molecular complexity index is 507. The van der Waals surface area contributed by atoms with Gasteiger partial charge in [-0.2, -0.15) is 0 Å². The van der Waals surface area contributed by atoms with Gasteiger partial charge in [-0.15, -0.1) is 0 Å². The normalized spacial score (nSPS) is 18.5. The van der Waals surface area contributed by atoms with Crippen molar-refractivity contribution >= 4 is 10.9 Å². The monoisotopic (exact) mass is 229 g/mol. The third kappa shape index (κ3) is 1.99. The summed E-state index contributed by atoms with van der Waals surface area (Å²) < 4.78 is 2.39. The van der Waals surface area contributed by atoms with E-state index in [1.165, 1.54) is 30.2 Å². The van der Waals surface area contributed by atoms with Gasteiger partial charge in [0.1, 0.15) is 0 Å². The molecule has 0 saturated carbocycles. The molecule has 1 unspecified atom stereocenters. The summed E-state index contributed by atoms with van der Waals surface area (Å²) in [6, 6.07) is 8.79. The zero-order valence-electron chi connectivity index (χ0n) is 11.5. The number of hydrogen-bond donors (Lipinski definition) is 0. The number of para-hydroxylation sites is 1. The number of fused-ring (bicyclic) bond motifs is 3. The van der Waals surface area contributed by atoms with E-state index < -0.39 is 0 Å². The molecule has 0 bridgehead atoms. The van der Waals surface area contributed by atoms with E-state index in [2.05, 4.69) is 42.8 Å². The first-order valence-electron chi connectivity index (χ1n) is 6.82. The Hall–Kier alpha value is -1.24. The first kappa shape index (κ1) is 12.2. The minimum atomic E-state index is 0.848. The molecule has 1 aliphatic rings. The van der Waals surface area contributed by atoms with Gasteiger partial charge >= 0.3 is 0 Å². The van der Waals surface area contributed by atoms with Crippen molar-refractivity contribution < 1.29 is 0 Å². The molecule has 1 heteroatoms. The third-order valence-corrected chi connectivity index (χ3v) is 3.77. The first-order chi connectivity index (χ1) is 8.27. The zero-order valence-corrected chi connectivity index (χ0v) is 11.5. The number of nitrogens with zero attached hydrogens (tertiary/aromatic N) is 1. The average Bonchev–Trinajstić information content (AvgIpc) is 2.66. The van der Waals surface area contributed by atoms with Crippen LogP contribution in [-0.2, 0) is 19.9 Å². The van der Waals surface area contributed by atoms with Crippen LogP contribution in [0.5, 0.6) is 0 Å². The van der Waals surface area contributed by atoms with Crippen molar-refractivity contribution in [1.29, 1.82) is 0 Å². The van der Waals surface area contributed by atoms with Crippen molar-refractivity contribution in [1.82, 2.24) is 4.57 Å². The van der Waals surface area contributed by atoms with E-state index in [1.54, 1.807) is 11.3 Å². The van der Waals surface area contributed by atoms with Crippen LogP contribution in [0.2, 0.25) is 0 Å². The predicted octanol–water partition coefficient (Wildman–Crippen LogP) is 4.33. The van der Waals surface area contributed by atoms with E-state index in [-0.39, 0.29) is 0 Å². The topological polar surface area (TPSA) is 4.93 Å². The summed E-state index contributed by atoms with van der Waals surface area (Å²) in [5.41, 5.74) is 4.57. The molecule has 1 aliphatic carbocycles. The molecular weight excluding hydrogens is 206 g/mol. The Morgan fingerprint density at radius 3 is 2.65 bits per heavy atom. The maximum absolute atomic E-state index is 2.39. The van der Waals surface area contributed by atoms with Crippen LogP contribution in [0.3, 0.4) is 0 Å². The Balaban J connectivity index is 0.000000514. The minimum Gasteiger partial charge on any atom is -0.347 e. The van der Waals surface area contributed by atoms with Gasteiger partial charge in [0.25, 0.3) is 0 Å². The van der Waals surface area contributed by atoms with Crippen molar-refractivity contribution in [3.63, 3.8) is 0 Å². The van der Waals surface area contributed by atoms with Crippen LogP contribution in [0, 0.1) is 5.92 Å². The second kappa shape index (κ2) is 4.95. The van der Waals surface area contributed by atoms with Gasteiger partial charge in [0.15, 0.2) is 0 Å². The Labute approximate surface area is 104 Å². The van der Waals surface area contributed by atoms with Crippen LogP contribution in [-0.4, -0.2) is 4.57 Å². The van der Waals surface area contributed by atoms with E-state index in [4.69, 9.17) is 0 Å². The largest absolute Gasteiger partial charge is 0.347 e. The molecule has 0 radical (unpaired) electrons. The van der Waals surface area contributed by atoms with E-state index >= 15 is 0 Å². The summed E-state index contributed by atoms with van der Waals surface area (Å²) in [4.78, 5) is 0. The van der Waals surface area contributed by atoms with Crippen molar-refractivity contribution in [2.24, 2.45) is 13.0 Å². The molecule has 0 spiro atoms.